The number of carbonyl (C=O) groups is 1. The third kappa shape index (κ3) is 3.77. The molecule has 9 nitrogen and oxygen atoms in total. The van der Waals surface area contributed by atoms with E-state index in [9.17, 15) is 4.79 Å². The summed E-state index contributed by atoms with van der Waals surface area (Å²) in [6.07, 6.45) is 3.93. The molecule has 1 amide bonds. The lowest BCUT2D eigenvalue weighted by Gasteiger charge is -2.12. The fraction of sp³-hybridized carbons (Fsp3) is 0.160. The van der Waals surface area contributed by atoms with Gasteiger partial charge in [-0.15, -0.1) is 0 Å². The molecule has 3 aromatic heterocycles. The van der Waals surface area contributed by atoms with Crippen molar-refractivity contribution in [1.82, 2.24) is 24.5 Å². The Morgan fingerprint density at radius 3 is 2.83 bits per heavy atom. The highest BCUT2D eigenvalue weighted by Gasteiger charge is 2.28. The van der Waals surface area contributed by atoms with Crippen LogP contribution in [0.1, 0.15) is 12.0 Å². The van der Waals surface area contributed by atoms with Crippen molar-refractivity contribution in [2.75, 3.05) is 16.8 Å². The highest BCUT2D eigenvalue weighted by molar-refractivity contribution is 7.22. The van der Waals surface area contributed by atoms with Gasteiger partial charge in [-0.25, -0.2) is 19.9 Å². The molecule has 35 heavy (non-hydrogen) atoms. The molecule has 0 unspecified atom stereocenters. The second-order valence-corrected chi connectivity index (χ2v) is 9.35. The Hall–Kier alpha value is -4.31. The lowest BCUT2D eigenvalue weighted by Crippen LogP contribution is -2.23. The molecule has 10 heteroatoms. The molecule has 1 aliphatic heterocycles. The van der Waals surface area contributed by atoms with Gasteiger partial charge < -0.3 is 14.6 Å². The van der Waals surface area contributed by atoms with E-state index in [1.54, 1.807) is 11.2 Å². The van der Waals surface area contributed by atoms with Gasteiger partial charge in [0.2, 0.25) is 0 Å². The van der Waals surface area contributed by atoms with Crippen LogP contribution in [0.5, 0.6) is 11.5 Å². The summed E-state index contributed by atoms with van der Waals surface area (Å²) in [6.45, 7) is 6.40. The zero-order valence-corrected chi connectivity index (χ0v) is 20.0. The third-order valence-corrected chi connectivity index (χ3v) is 6.95. The van der Waals surface area contributed by atoms with Gasteiger partial charge in [0.05, 0.1) is 17.4 Å². The van der Waals surface area contributed by atoms with Gasteiger partial charge in [-0.05, 0) is 49.2 Å². The first-order chi connectivity index (χ1) is 17.0. The van der Waals surface area contributed by atoms with Crippen LogP contribution in [0.4, 0.5) is 16.6 Å². The minimum absolute atomic E-state index is 0.0834. The van der Waals surface area contributed by atoms with E-state index < -0.39 is 0 Å². The van der Waals surface area contributed by atoms with Crippen molar-refractivity contribution in [3.05, 3.63) is 66.8 Å². The van der Waals surface area contributed by atoms with Gasteiger partial charge in [0.15, 0.2) is 15.8 Å². The first-order valence-electron chi connectivity index (χ1n) is 11.0. The fourth-order valence-electron chi connectivity index (χ4n) is 4.06. The quantitative estimate of drug-likeness (QED) is 0.347. The lowest BCUT2D eigenvalue weighted by atomic mass is 10.2. The van der Waals surface area contributed by atoms with Crippen molar-refractivity contribution in [3.8, 4) is 11.5 Å². The summed E-state index contributed by atoms with van der Waals surface area (Å²) in [5.41, 5.74) is 4.97. The molecular weight excluding hydrogens is 462 g/mol. The number of anilines is 3. The topological polar surface area (TPSA) is 98.1 Å². The van der Waals surface area contributed by atoms with Crippen LogP contribution < -0.4 is 15.0 Å². The van der Waals surface area contributed by atoms with Gasteiger partial charge in [0.25, 0.3) is 5.91 Å². The average Bonchev–Trinajstić information content (AvgIpc) is 3.53. The van der Waals surface area contributed by atoms with E-state index in [-0.39, 0.29) is 5.91 Å². The number of benzene rings is 2. The Morgan fingerprint density at radius 2 is 2.03 bits per heavy atom. The number of nitrogens with zero attached hydrogens (tertiary/aromatic N) is 6. The molecule has 174 valence electrons. The second-order valence-electron chi connectivity index (χ2n) is 8.40. The molecule has 2 aromatic carbocycles. The summed E-state index contributed by atoms with van der Waals surface area (Å²) in [7, 11) is 1.96. The van der Waals surface area contributed by atoms with Gasteiger partial charge in [0, 0.05) is 30.9 Å². The maximum absolute atomic E-state index is 12.3. The molecular formula is C25H21N7O2S. The maximum atomic E-state index is 12.3. The number of fused-ring (bicyclic) bond motifs is 2. The van der Waals surface area contributed by atoms with Crippen LogP contribution in [0, 0.1) is 6.92 Å². The number of ether oxygens (including phenoxy) is 1. The van der Waals surface area contributed by atoms with Crippen molar-refractivity contribution in [3.63, 3.8) is 0 Å². The molecule has 1 N–H and O–H groups in total. The first-order valence-corrected chi connectivity index (χ1v) is 11.9. The van der Waals surface area contributed by atoms with Crippen LogP contribution in [0.2, 0.25) is 0 Å². The highest BCUT2D eigenvalue weighted by atomic mass is 32.1. The number of aromatic nitrogens is 5. The van der Waals surface area contributed by atoms with Crippen molar-refractivity contribution < 1.29 is 9.53 Å². The summed E-state index contributed by atoms with van der Waals surface area (Å²) >= 11 is 1.37. The smallest absolute Gasteiger partial charge is 0.255 e. The van der Waals surface area contributed by atoms with E-state index in [0.29, 0.717) is 39.8 Å². The zero-order chi connectivity index (χ0) is 24.1. The first kappa shape index (κ1) is 21.2. The third-order valence-electron chi connectivity index (χ3n) is 5.96. The number of rotatable bonds is 5. The normalized spacial score (nSPS) is 13.8. The Kier molecular flexibility index (Phi) is 4.96. The minimum Gasteiger partial charge on any atom is -0.457 e. The van der Waals surface area contributed by atoms with Crippen molar-refractivity contribution in [1.29, 1.82) is 0 Å². The Balaban J connectivity index is 1.25. The van der Waals surface area contributed by atoms with E-state index in [1.165, 1.54) is 17.7 Å². The number of hydrogen-bond acceptors (Lipinski definition) is 8. The number of hydrogen-bond donors (Lipinski definition) is 1. The molecule has 0 atom stereocenters. The summed E-state index contributed by atoms with van der Waals surface area (Å²) in [4.78, 5) is 32.5. The number of nitrogens with one attached hydrogen (secondary N) is 1. The molecule has 0 spiro atoms. The van der Waals surface area contributed by atoms with Gasteiger partial charge >= 0.3 is 0 Å². The average molecular weight is 484 g/mol. The van der Waals surface area contributed by atoms with Gasteiger partial charge in [-0.3, -0.25) is 9.69 Å². The maximum Gasteiger partial charge on any atom is 0.255 e. The lowest BCUT2D eigenvalue weighted by molar-refractivity contribution is -0.114. The summed E-state index contributed by atoms with van der Waals surface area (Å²) in [6, 6.07) is 11.7. The minimum atomic E-state index is -0.0834. The largest absolute Gasteiger partial charge is 0.457 e. The number of thiazole rings is 1. The number of aryl methyl sites for hydroxylation is 2. The van der Waals surface area contributed by atoms with Gasteiger partial charge in [-0.2, -0.15) is 0 Å². The summed E-state index contributed by atoms with van der Waals surface area (Å²) in [5, 5.41) is 3.94. The summed E-state index contributed by atoms with van der Waals surface area (Å²) in [5.74, 6) is 1.98. The van der Waals surface area contributed by atoms with E-state index in [1.807, 2.05) is 54.9 Å². The van der Waals surface area contributed by atoms with Crippen LogP contribution in [0.15, 0.2) is 61.2 Å². The van der Waals surface area contributed by atoms with E-state index in [2.05, 4.69) is 31.8 Å². The molecule has 5 aromatic rings. The van der Waals surface area contributed by atoms with Crippen LogP contribution in [0.25, 0.3) is 21.4 Å². The molecule has 0 radical (unpaired) electrons. The molecule has 0 saturated carbocycles. The highest BCUT2D eigenvalue weighted by Crippen LogP contribution is 2.35. The molecule has 4 heterocycles. The molecule has 1 fully saturated rings. The van der Waals surface area contributed by atoms with Crippen LogP contribution >= 0.6 is 11.3 Å². The van der Waals surface area contributed by atoms with Crippen molar-refractivity contribution in [2.24, 2.45) is 7.05 Å². The SMILES string of the molecule is C=C1CCN(c2nc3c(Nc4ccc(Oc5ccc6c(c5)ncn6C)c(C)c4)ncnc3s2)C1=O. The van der Waals surface area contributed by atoms with Crippen molar-refractivity contribution >= 4 is 55.3 Å². The molecule has 0 bridgehead atoms. The number of carbonyl (C=O) groups excluding carboxylic acids is 1. The van der Waals surface area contributed by atoms with Crippen LogP contribution in [0.3, 0.4) is 0 Å². The van der Waals surface area contributed by atoms with E-state index >= 15 is 0 Å². The molecule has 1 aliphatic rings. The van der Waals surface area contributed by atoms with Crippen molar-refractivity contribution in [2.45, 2.75) is 13.3 Å². The zero-order valence-electron chi connectivity index (χ0n) is 19.1. The van der Waals surface area contributed by atoms with Crippen LogP contribution in [-0.4, -0.2) is 37.0 Å². The summed E-state index contributed by atoms with van der Waals surface area (Å²) < 4.78 is 8.10. The predicted molar refractivity (Wildman–Crippen MR) is 137 cm³/mol. The number of amides is 1. The van der Waals surface area contributed by atoms with E-state index in [0.717, 1.165) is 33.8 Å². The molecule has 1 saturated heterocycles. The Morgan fingerprint density at radius 1 is 1.14 bits per heavy atom. The Labute approximate surface area is 204 Å². The predicted octanol–water partition coefficient (Wildman–Crippen LogP) is 5.11. The Bertz CT molecular complexity index is 1640. The monoisotopic (exact) mass is 483 g/mol. The fourth-order valence-corrected chi connectivity index (χ4v) is 5.00. The standard InChI is InChI=1S/C25H21N7O2S/c1-14-8-9-32(24(14)33)25-30-21-22(26-12-27-23(21)35-25)29-16-4-7-20(15(2)10-16)34-17-5-6-19-18(11-17)28-13-31(19)3/h4-7,10-13H,1,8-9H2,2-3H3,(H,26,27,29). The second kappa shape index (κ2) is 8.17. The van der Waals surface area contributed by atoms with Gasteiger partial charge in [0.1, 0.15) is 23.3 Å². The molecule has 0 aliphatic carbocycles. The number of imidazole rings is 1. The molecule has 6 rings (SSSR count). The van der Waals surface area contributed by atoms with Gasteiger partial charge in [-0.1, -0.05) is 17.9 Å². The van der Waals surface area contributed by atoms with E-state index in [4.69, 9.17) is 4.74 Å². The van der Waals surface area contributed by atoms with Crippen LogP contribution in [-0.2, 0) is 11.8 Å².